The molecule has 0 fully saturated rings. The van der Waals surface area contributed by atoms with E-state index in [4.69, 9.17) is 4.43 Å². The predicted molar refractivity (Wildman–Crippen MR) is 130 cm³/mol. The van der Waals surface area contributed by atoms with Crippen LogP contribution in [0, 0.1) is 0 Å². The van der Waals surface area contributed by atoms with Gasteiger partial charge < -0.3 is 4.43 Å². The van der Waals surface area contributed by atoms with Crippen molar-refractivity contribution in [2.75, 3.05) is 11.9 Å². The summed E-state index contributed by atoms with van der Waals surface area (Å²) in [4.78, 5) is 27.4. The molecule has 1 aliphatic heterocycles. The molecular weight excluding hydrogens is 458 g/mol. The Morgan fingerprint density at radius 1 is 1.03 bits per heavy atom. The highest BCUT2D eigenvalue weighted by Gasteiger charge is 2.42. The van der Waals surface area contributed by atoms with Crippen molar-refractivity contribution >= 4 is 36.1 Å². The zero-order valence-corrected chi connectivity index (χ0v) is 21.6. The van der Waals surface area contributed by atoms with Gasteiger partial charge in [0.05, 0.1) is 23.8 Å². The van der Waals surface area contributed by atoms with Crippen molar-refractivity contribution in [1.29, 1.82) is 0 Å². The molecule has 0 bridgehead atoms. The van der Waals surface area contributed by atoms with Gasteiger partial charge in [-0.3, -0.25) is 14.5 Å². The van der Waals surface area contributed by atoms with Crippen LogP contribution >= 0.6 is 15.9 Å². The summed E-state index contributed by atoms with van der Waals surface area (Å²) in [7, 11) is -2.00. The van der Waals surface area contributed by atoms with E-state index in [9.17, 15) is 9.59 Å². The van der Waals surface area contributed by atoms with Gasteiger partial charge in [-0.25, -0.2) is 0 Å². The van der Waals surface area contributed by atoms with Gasteiger partial charge in [0.1, 0.15) is 0 Å². The summed E-state index contributed by atoms with van der Waals surface area (Å²) in [6, 6.07) is 6.69. The topological polar surface area (TPSA) is 46.6 Å². The monoisotopic (exact) mass is 493 g/mol. The second-order valence-corrected chi connectivity index (χ2v) is 15.1. The first kappa shape index (κ1) is 25.0. The van der Waals surface area contributed by atoms with Gasteiger partial charge in [-0.05, 0) is 49.5 Å². The molecule has 1 aliphatic rings. The van der Waals surface area contributed by atoms with Gasteiger partial charge in [0.15, 0.2) is 8.32 Å². The number of hydrogen-bond donors (Lipinski definition) is 0. The Hall–Kier alpha value is -1.24. The number of carbonyl (C=O) groups is 2. The molecule has 6 heteroatoms. The van der Waals surface area contributed by atoms with E-state index in [1.165, 1.54) is 24.2 Å². The van der Waals surface area contributed by atoms with Crippen molar-refractivity contribution in [3.8, 4) is 0 Å². The van der Waals surface area contributed by atoms with E-state index in [1.54, 1.807) is 24.3 Å². The number of nitrogens with zero attached hydrogens (tertiary/aromatic N) is 1. The molecule has 1 heterocycles. The van der Waals surface area contributed by atoms with Crippen LogP contribution in [-0.4, -0.2) is 43.0 Å². The highest BCUT2D eigenvalue weighted by atomic mass is 79.9. The van der Waals surface area contributed by atoms with Crippen LogP contribution in [0.1, 0.15) is 73.6 Å². The van der Waals surface area contributed by atoms with E-state index in [2.05, 4.69) is 55.9 Å². The highest BCUT2D eigenvalue weighted by molar-refractivity contribution is 9.09. The number of amides is 2. The van der Waals surface area contributed by atoms with Crippen molar-refractivity contribution in [2.45, 2.75) is 77.0 Å². The third-order valence-corrected chi connectivity index (χ3v) is 11.3. The summed E-state index contributed by atoms with van der Waals surface area (Å²) in [6.07, 6.45) is 9.77. The number of rotatable bonds is 11. The Bertz CT molecular complexity index is 735. The average Bonchev–Trinajstić information content (AvgIpc) is 2.94. The minimum absolute atomic E-state index is 0.0681. The fraction of sp³-hybridized carbons (Fsp3) is 0.583. The normalized spacial score (nSPS) is 15.9. The molecule has 2 amide bonds. The zero-order valence-electron chi connectivity index (χ0n) is 19.0. The molecule has 1 atom stereocenters. The van der Waals surface area contributed by atoms with Gasteiger partial charge in [0.25, 0.3) is 11.8 Å². The third-order valence-electron chi connectivity index (χ3n) is 6.19. The summed E-state index contributed by atoms with van der Waals surface area (Å²) in [6.45, 7) is 11.3. The van der Waals surface area contributed by atoms with Gasteiger partial charge in [-0.1, -0.05) is 73.8 Å². The van der Waals surface area contributed by atoms with Crippen molar-refractivity contribution in [2.24, 2.45) is 0 Å². The number of imide groups is 1. The van der Waals surface area contributed by atoms with Gasteiger partial charge in [0.2, 0.25) is 0 Å². The van der Waals surface area contributed by atoms with E-state index >= 15 is 0 Å². The van der Waals surface area contributed by atoms with Crippen LogP contribution in [0.25, 0.3) is 0 Å². The van der Waals surface area contributed by atoms with Gasteiger partial charge in [-0.15, -0.1) is 0 Å². The lowest BCUT2D eigenvalue weighted by atomic mass is 10.1. The number of allylic oxidation sites excluding steroid dienone is 1. The Morgan fingerprint density at radius 2 is 1.60 bits per heavy atom. The Morgan fingerprint density at radius 3 is 2.13 bits per heavy atom. The maximum atomic E-state index is 13.0. The number of carbonyl (C=O) groups excluding carboxylic acids is 2. The number of benzene rings is 1. The van der Waals surface area contributed by atoms with E-state index < -0.39 is 8.32 Å². The van der Waals surface area contributed by atoms with E-state index in [0.29, 0.717) is 17.7 Å². The molecule has 2 rings (SSSR count). The minimum atomic E-state index is -2.00. The molecule has 0 spiro atoms. The molecule has 0 saturated heterocycles. The molecule has 1 aromatic rings. The quantitative estimate of drug-likeness (QED) is 0.115. The molecule has 1 aromatic carbocycles. The van der Waals surface area contributed by atoms with Crippen molar-refractivity contribution in [1.82, 2.24) is 4.90 Å². The molecule has 0 radical (unpaired) electrons. The first-order chi connectivity index (χ1) is 14.1. The van der Waals surface area contributed by atoms with Crippen LogP contribution < -0.4 is 0 Å². The number of unbranched alkanes of at least 4 members (excludes halogenated alkanes) is 4. The largest absolute Gasteiger partial charge is 0.414 e. The fourth-order valence-electron chi connectivity index (χ4n) is 3.20. The molecule has 0 aromatic heterocycles. The van der Waals surface area contributed by atoms with Crippen LogP contribution in [-0.2, 0) is 4.43 Å². The van der Waals surface area contributed by atoms with Crippen molar-refractivity contribution in [3.05, 3.63) is 47.5 Å². The Labute approximate surface area is 191 Å². The van der Waals surface area contributed by atoms with Crippen LogP contribution in [0.5, 0.6) is 0 Å². The standard InChI is InChI=1S/C24H36BrNO3Si/c1-24(2,3)30(4,5)29-18-19(14-10-8-6-7-9-13-17-25)26-22(27)20-15-11-12-16-21(20)23(26)28/h10-12,14-16,19H,6-9,13,17-18H2,1-5H3. The number of halogens is 1. The van der Waals surface area contributed by atoms with Gasteiger partial charge in [-0.2, -0.15) is 0 Å². The molecule has 1 unspecified atom stereocenters. The zero-order chi connectivity index (χ0) is 22.4. The molecule has 4 nitrogen and oxygen atoms in total. The van der Waals surface area contributed by atoms with Crippen LogP contribution in [0.2, 0.25) is 18.1 Å². The maximum Gasteiger partial charge on any atom is 0.262 e. The first-order valence-electron chi connectivity index (χ1n) is 10.9. The van der Waals surface area contributed by atoms with Crippen LogP contribution in [0.15, 0.2) is 36.4 Å². The molecule has 0 N–H and O–H groups in total. The lowest BCUT2D eigenvalue weighted by Crippen LogP contribution is -2.47. The van der Waals surface area contributed by atoms with E-state index in [0.717, 1.165) is 18.2 Å². The second kappa shape index (κ2) is 10.9. The second-order valence-electron chi connectivity index (χ2n) is 9.48. The third kappa shape index (κ3) is 6.14. The minimum Gasteiger partial charge on any atom is -0.414 e. The number of fused-ring (bicyclic) bond motifs is 1. The highest BCUT2D eigenvalue weighted by Crippen LogP contribution is 2.37. The summed E-state index contributed by atoms with van der Waals surface area (Å²) >= 11 is 3.47. The predicted octanol–water partition coefficient (Wildman–Crippen LogP) is 6.57. The molecule has 0 saturated carbocycles. The Balaban J connectivity index is 2.13. The SMILES string of the molecule is CC(C)(C)[Si](C)(C)OCC(C=CCCCCCCBr)N1C(=O)c2ccccc2C1=O. The summed E-state index contributed by atoms with van der Waals surface area (Å²) in [5.41, 5.74) is 0.978. The Kier molecular flexibility index (Phi) is 9.07. The molecule has 30 heavy (non-hydrogen) atoms. The van der Waals surface area contributed by atoms with Crippen LogP contribution in [0.3, 0.4) is 0 Å². The smallest absolute Gasteiger partial charge is 0.262 e. The van der Waals surface area contributed by atoms with Crippen LogP contribution in [0.4, 0.5) is 0 Å². The molecular formula is C24H36BrNO3Si. The molecule has 166 valence electrons. The average molecular weight is 495 g/mol. The van der Waals surface area contributed by atoms with Gasteiger partial charge in [0, 0.05) is 5.33 Å². The lowest BCUT2D eigenvalue weighted by molar-refractivity contribution is 0.0569. The fourth-order valence-corrected chi connectivity index (χ4v) is 4.62. The summed E-state index contributed by atoms with van der Waals surface area (Å²) < 4.78 is 6.41. The van der Waals surface area contributed by atoms with Crippen molar-refractivity contribution in [3.63, 3.8) is 0 Å². The maximum absolute atomic E-state index is 13.0. The summed E-state index contributed by atoms with van der Waals surface area (Å²) in [5, 5.41) is 1.12. The summed E-state index contributed by atoms with van der Waals surface area (Å²) in [5.74, 6) is -0.442. The lowest BCUT2D eigenvalue weighted by Gasteiger charge is -2.38. The van der Waals surface area contributed by atoms with E-state index in [1.807, 2.05) is 6.08 Å². The first-order valence-corrected chi connectivity index (χ1v) is 15.0. The van der Waals surface area contributed by atoms with Crippen molar-refractivity contribution < 1.29 is 14.0 Å². The number of alkyl halides is 1. The van der Waals surface area contributed by atoms with E-state index in [-0.39, 0.29) is 22.9 Å². The number of hydrogen-bond acceptors (Lipinski definition) is 3. The van der Waals surface area contributed by atoms with Gasteiger partial charge >= 0.3 is 0 Å². The molecule has 0 aliphatic carbocycles.